The Morgan fingerprint density at radius 1 is 1.21 bits per heavy atom. The first-order valence-electron chi connectivity index (χ1n) is 6.69. The van der Waals surface area contributed by atoms with E-state index >= 15 is 0 Å². The molecule has 0 spiro atoms. The summed E-state index contributed by atoms with van der Waals surface area (Å²) < 4.78 is 42.3. The first-order chi connectivity index (χ1) is 11.4. The molecule has 7 nitrogen and oxygen atoms in total. The van der Waals surface area contributed by atoms with Crippen LogP contribution in [0.5, 0.6) is 0 Å². The van der Waals surface area contributed by atoms with E-state index in [0.717, 1.165) is 17.7 Å². The number of rotatable bonds is 4. The molecule has 24 heavy (non-hydrogen) atoms. The van der Waals surface area contributed by atoms with Crippen LogP contribution in [0.25, 0.3) is 5.69 Å². The van der Waals surface area contributed by atoms with Crippen molar-refractivity contribution in [1.29, 1.82) is 0 Å². The highest BCUT2D eigenvalue weighted by atomic mass is 35.5. The zero-order valence-corrected chi connectivity index (χ0v) is 13.9. The first kappa shape index (κ1) is 16.3. The molecule has 0 aliphatic carbocycles. The summed E-state index contributed by atoms with van der Waals surface area (Å²) in [5.41, 5.74) is 1.72. The van der Waals surface area contributed by atoms with Crippen LogP contribution in [0.1, 0.15) is 5.56 Å². The average molecular weight is 368 g/mol. The van der Waals surface area contributed by atoms with Gasteiger partial charge in [-0.1, -0.05) is 11.6 Å². The summed E-state index contributed by atoms with van der Waals surface area (Å²) in [6.07, 6.45) is 1.43. The summed E-state index contributed by atoms with van der Waals surface area (Å²) in [7, 11) is -4.07. The summed E-state index contributed by atoms with van der Waals surface area (Å²) in [6, 6.07) is 8.16. The molecule has 3 aromatic rings. The smallest absolute Gasteiger partial charge is 0.264 e. The maximum atomic E-state index is 13.8. The minimum Gasteiger partial charge on any atom is -0.280 e. The van der Waals surface area contributed by atoms with Gasteiger partial charge < -0.3 is 0 Å². The summed E-state index contributed by atoms with van der Waals surface area (Å²) in [5, 5.41) is 11.0. The maximum absolute atomic E-state index is 13.8. The average Bonchev–Trinajstić information content (AvgIpc) is 3.00. The second-order valence-corrected chi connectivity index (χ2v) is 7.02. The largest absolute Gasteiger partial charge is 0.280 e. The number of aryl methyl sites for hydroxylation is 1. The third-order valence-corrected chi connectivity index (χ3v) is 4.88. The normalized spacial score (nSPS) is 11.5. The van der Waals surface area contributed by atoms with Crippen molar-refractivity contribution in [2.45, 2.75) is 11.8 Å². The quantitative estimate of drug-likeness (QED) is 0.765. The Labute approximate surface area is 142 Å². The number of hydrogen-bond acceptors (Lipinski definition) is 5. The fourth-order valence-corrected chi connectivity index (χ4v) is 3.42. The number of sulfonamides is 1. The second-order valence-electron chi connectivity index (χ2n) is 4.94. The highest BCUT2D eigenvalue weighted by Crippen LogP contribution is 2.23. The molecule has 0 atom stereocenters. The molecule has 10 heteroatoms. The zero-order valence-electron chi connectivity index (χ0n) is 12.3. The predicted molar refractivity (Wildman–Crippen MR) is 86.1 cm³/mol. The predicted octanol–water partition coefficient (Wildman–Crippen LogP) is 2.56. The summed E-state index contributed by atoms with van der Waals surface area (Å²) in [4.78, 5) is -0.478. The van der Waals surface area contributed by atoms with Crippen LogP contribution in [-0.4, -0.2) is 28.6 Å². The van der Waals surface area contributed by atoms with Gasteiger partial charge in [0.1, 0.15) is 17.0 Å². The Bertz CT molecular complexity index is 992. The van der Waals surface area contributed by atoms with Crippen LogP contribution in [-0.2, 0) is 10.0 Å². The highest BCUT2D eigenvalue weighted by molar-refractivity contribution is 7.92. The number of anilines is 1. The number of nitrogens with zero attached hydrogens (tertiary/aromatic N) is 4. The van der Waals surface area contributed by atoms with Gasteiger partial charge in [-0.15, -0.1) is 5.10 Å². The SMILES string of the molecule is Cc1cc(NS(=O)(=O)c2ccc(Cl)cc2F)ccc1-n1cnnn1. The Hall–Kier alpha value is -2.52. The number of tetrazole rings is 1. The summed E-state index contributed by atoms with van der Waals surface area (Å²) in [5.74, 6) is -0.919. The molecule has 1 N–H and O–H groups in total. The number of aromatic nitrogens is 4. The molecule has 0 aliphatic heterocycles. The van der Waals surface area contributed by atoms with E-state index in [1.807, 2.05) is 0 Å². The van der Waals surface area contributed by atoms with E-state index in [9.17, 15) is 12.8 Å². The van der Waals surface area contributed by atoms with Crippen LogP contribution in [0, 0.1) is 12.7 Å². The van der Waals surface area contributed by atoms with Crippen LogP contribution in [0.4, 0.5) is 10.1 Å². The highest BCUT2D eigenvalue weighted by Gasteiger charge is 2.19. The van der Waals surface area contributed by atoms with Crippen LogP contribution in [0.2, 0.25) is 5.02 Å². The van der Waals surface area contributed by atoms with Crippen LogP contribution in [0.15, 0.2) is 47.6 Å². The van der Waals surface area contributed by atoms with Crippen molar-refractivity contribution < 1.29 is 12.8 Å². The number of nitrogens with one attached hydrogen (secondary N) is 1. The second kappa shape index (κ2) is 6.17. The molecule has 124 valence electrons. The van der Waals surface area contributed by atoms with Crippen molar-refractivity contribution in [2.24, 2.45) is 0 Å². The minimum absolute atomic E-state index is 0.119. The topological polar surface area (TPSA) is 89.8 Å². The van der Waals surface area contributed by atoms with Gasteiger partial charge >= 0.3 is 0 Å². The third kappa shape index (κ3) is 3.22. The molecule has 1 heterocycles. The lowest BCUT2D eigenvalue weighted by Gasteiger charge is -2.11. The van der Waals surface area contributed by atoms with Crippen molar-refractivity contribution in [3.63, 3.8) is 0 Å². The van der Waals surface area contributed by atoms with Crippen molar-refractivity contribution in [3.05, 3.63) is 59.1 Å². The Morgan fingerprint density at radius 2 is 2.00 bits per heavy atom. The fourth-order valence-electron chi connectivity index (χ4n) is 2.15. The Balaban J connectivity index is 1.92. The van der Waals surface area contributed by atoms with Gasteiger partial charge in [-0.3, -0.25) is 4.72 Å². The monoisotopic (exact) mass is 367 g/mol. The van der Waals surface area contributed by atoms with Crippen molar-refractivity contribution in [1.82, 2.24) is 20.2 Å². The summed E-state index contributed by atoms with van der Waals surface area (Å²) in [6.45, 7) is 1.78. The molecule has 0 amide bonds. The van der Waals surface area contributed by atoms with Gasteiger partial charge in [0.05, 0.1) is 5.69 Å². The number of halogens is 2. The molecule has 2 aromatic carbocycles. The van der Waals surface area contributed by atoms with E-state index in [4.69, 9.17) is 11.6 Å². The lowest BCUT2D eigenvalue weighted by Crippen LogP contribution is -2.15. The Kier molecular flexibility index (Phi) is 4.20. The van der Waals surface area contributed by atoms with Crippen molar-refractivity contribution in [3.8, 4) is 5.69 Å². The standard InChI is InChI=1S/C14H11ClFN5O2S/c1-9-6-11(3-4-13(9)21-8-17-19-20-21)18-24(22,23)14-5-2-10(15)7-12(14)16/h2-8,18H,1H3. The van der Waals surface area contributed by atoms with E-state index < -0.39 is 20.7 Å². The van der Waals surface area contributed by atoms with Gasteiger partial charge in [0.2, 0.25) is 0 Å². The molecule has 0 unspecified atom stereocenters. The van der Waals surface area contributed by atoms with Gasteiger partial charge in [0.25, 0.3) is 10.0 Å². The van der Waals surface area contributed by atoms with Crippen molar-refractivity contribution >= 4 is 27.3 Å². The van der Waals surface area contributed by atoms with E-state index in [2.05, 4.69) is 20.2 Å². The maximum Gasteiger partial charge on any atom is 0.264 e. The zero-order chi connectivity index (χ0) is 17.3. The van der Waals surface area contributed by atoms with Crippen LogP contribution < -0.4 is 4.72 Å². The molecule has 0 saturated carbocycles. The fraction of sp³-hybridized carbons (Fsp3) is 0.0714. The minimum atomic E-state index is -4.07. The van der Waals surface area contributed by atoms with Gasteiger partial charge in [-0.05, 0) is 59.3 Å². The molecule has 1 aromatic heterocycles. The van der Waals surface area contributed by atoms with Crippen molar-refractivity contribution in [2.75, 3.05) is 4.72 Å². The lowest BCUT2D eigenvalue weighted by molar-refractivity contribution is 0.570. The van der Waals surface area contributed by atoms with Crippen LogP contribution in [0.3, 0.4) is 0 Å². The van der Waals surface area contributed by atoms with E-state index in [1.165, 1.54) is 23.1 Å². The molecule has 0 saturated heterocycles. The molecular formula is C14H11ClFN5O2S. The van der Waals surface area contributed by atoms with Gasteiger partial charge in [-0.2, -0.15) is 0 Å². The van der Waals surface area contributed by atoms with Gasteiger partial charge in [0.15, 0.2) is 0 Å². The Morgan fingerprint density at radius 3 is 2.62 bits per heavy atom. The lowest BCUT2D eigenvalue weighted by atomic mass is 10.2. The van der Waals surface area contributed by atoms with E-state index in [1.54, 1.807) is 19.1 Å². The molecular weight excluding hydrogens is 357 g/mol. The number of benzene rings is 2. The van der Waals surface area contributed by atoms with Crippen LogP contribution >= 0.6 is 11.6 Å². The molecule has 0 radical (unpaired) electrons. The van der Waals surface area contributed by atoms with E-state index in [0.29, 0.717) is 11.4 Å². The van der Waals surface area contributed by atoms with Gasteiger partial charge in [0, 0.05) is 10.7 Å². The molecule has 0 bridgehead atoms. The molecule has 0 aliphatic rings. The molecule has 0 fully saturated rings. The third-order valence-electron chi connectivity index (χ3n) is 3.23. The van der Waals surface area contributed by atoms with Gasteiger partial charge in [-0.25, -0.2) is 17.5 Å². The number of hydrogen-bond donors (Lipinski definition) is 1. The summed E-state index contributed by atoms with van der Waals surface area (Å²) >= 11 is 5.64. The molecule has 3 rings (SSSR count). The van der Waals surface area contributed by atoms with E-state index in [-0.39, 0.29) is 5.02 Å². The first-order valence-corrected chi connectivity index (χ1v) is 8.55.